The summed E-state index contributed by atoms with van der Waals surface area (Å²) >= 11 is 0. The molecule has 0 aromatic heterocycles. The van der Waals surface area contributed by atoms with E-state index in [2.05, 4.69) is 54.5 Å². The minimum atomic E-state index is -0.434. The molecule has 5 aliphatic carbocycles. The van der Waals surface area contributed by atoms with E-state index in [9.17, 15) is 15.3 Å². The topological polar surface area (TPSA) is 60.7 Å². The second-order valence-corrected chi connectivity index (χ2v) is 15.2. The Balaban J connectivity index is 1.61. The summed E-state index contributed by atoms with van der Waals surface area (Å²) in [5, 5.41) is 33.3. The Kier molecular flexibility index (Phi) is 5.23. The number of rotatable bonds is 1. The fraction of sp³-hybridized carbons (Fsp3) is 0.933. The van der Waals surface area contributed by atoms with Gasteiger partial charge in [0.1, 0.15) is 0 Å². The van der Waals surface area contributed by atoms with Crippen LogP contribution in [0.1, 0.15) is 106 Å². The molecule has 0 amide bonds. The van der Waals surface area contributed by atoms with Gasteiger partial charge < -0.3 is 15.3 Å². The molecule has 188 valence electrons. The fourth-order valence-electron chi connectivity index (χ4n) is 10.7. The van der Waals surface area contributed by atoms with Gasteiger partial charge in [0.05, 0.1) is 18.8 Å². The number of aliphatic hydroxyl groups is 3. The van der Waals surface area contributed by atoms with Crippen LogP contribution in [0.5, 0.6) is 0 Å². The van der Waals surface area contributed by atoms with Crippen LogP contribution in [-0.2, 0) is 0 Å². The molecular weight excluding hydrogens is 408 g/mol. The highest BCUT2D eigenvalue weighted by Crippen LogP contribution is 2.75. The summed E-state index contributed by atoms with van der Waals surface area (Å²) in [6.07, 6.45) is 11.3. The van der Waals surface area contributed by atoms with Crippen molar-refractivity contribution >= 4 is 0 Å². The zero-order valence-electron chi connectivity index (χ0n) is 22.4. The Bertz CT molecular complexity index is 843. The third-order valence-electron chi connectivity index (χ3n) is 13.2. The average molecular weight is 459 g/mol. The second kappa shape index (κ2) is 7.10. The first-order valence-electron chi connectivity index (χ1n) is 13.9. The maximum atomic E-state index is 11.7. The van der Waals surface area contributed by atoms with E-state index < -0.39 is 6.10 Å². The SMILES string of the molecule is CC1(C)CC[C@]2(CO)[C@@H](O)C[C@]3(C)C(=CC[C@@H]4[C@@]5(C)CC[C@H](O)C(C)(C)[C@H]5CC[C@]43C)[C@@H]2C1. The van der Waals surface area contributed by atoms with Crippen LogP contribution in [0.15, 0.2) is 11.6 Å². The van der Waals surface area contributed by atoms with E-state index >= 15 is 0 Å². The van der Waals surface area contributed by atoms with Crippen molar-refractivity contribution in [3.05, 3.63) is 11.6 Å². The van der Waals surface area contributed by atoms with Crippen LogP contribution in [0.2, 0.25) is 0 Å². The molecule has 33 heavy (non-hydrogen) atoms. The van der Waals surface area contributed by atoms with Crippen molar-refractivity contribution in [1.29, 1.82) is 0 Å². The maximum Gasteiger partial charge on any atom is 0.0632 e. The molecule has 4 saturated carbocycles. The first-order valence-corrected chi connectivity index (χ1v) is 13.9. The standard InChI is InChI=1S/C30H50O3/c1-25(2)14-15-30(18-31)20(16-25)19-8-9-22-27(5)12-11-23(32)26(3,4)21(27)10-13-28(22,6)29(19,7)17-24(30)33/h8,20-24,31-33H,9-18H2,1-7H3/t20-,21+,22+,23-,24-,27-,28+,29+,30+/m0/s1. The molecule has 0 spiro atoms. The maximum absolute atomic E-state index is 11.7. The lowest BCUT2D eigenvalue weighted by Crippen LogP contribution is -2.67. The van der Waals surface area contributed by atoms with Crippen LogP contribution < -0.4 is 0 Å². The van der Waals surface area contributed by atoms with Crippen molar-refractivity contribution in [2.24, 2.45) is 50.2 Å². The lowest BCUT2D eigenvalue weighted by atomic mass is 9.33. The van der Waals surface area contributed by atoms with E-state index in [1.807, 2.05) is 0 Å². The first-order chi connectivity index (χ1) is 15.2. The normalized spacial score (nSPS) is 54.8. The molecule has 0 aliphatic heterocycles. The Labute approximate surface area is 202 Å². The number of aliphatic hydroxyl groups excluding tert-OH is 3. The van der Waals surface area contributed by atoms with Crippen molar-refractivity contribution in [1.82, 2.24) is 0 Å². The van der Waals surface area contributed by atoms with E-state index in [0.29, 0.717) is 11.8 Å². The summed E-state index contributed by atoms with van der Waals surface area (Å²) in [4.78, 5) is 0. The van der Waals surface area contributed by atoms with Crippen molar-refractivity contribution in [2.75, 3.05) is 6.61 Å². The summed E-state index contributed by atoms with van der Waals surface area (Å²) in [5.41, 5.74) is 1.78. The molecule has 4 fully saturated rings. The van der Waals surface area contributed by atoms with E-state index in [4.69, 9.17) is 0 Å². The van der Waals surface area contributed by atoms with Gasteiger partial charge in [-0.25, -0.2) is 0 Å². The Morgan fingerprint density at radius 3 is 2.18 bits per heavy atom. The molecule has 0 unspecified atom stereocenters. The van der Waals surface area contributed by atoms with E-state index in [1.165, 1.54) is 12.8 Å². The lowest BCUT2D eigenvalue weighted by Gasteiger charge is -2.72. The molecule has 5 rings (SSSR count). The smallest absolute Gasteiger partial charge is 0.0632 e. The van der Waals surface area contributed by atoms with Crippen LogP contribution in [0, 0.1) is 50.2 Å². The van der Waals surface area contributed by atoms with Crippen LogP contribution >= 0.6 is 0 Å². The molecule has 3 heteroatoms. The van der Waals surface area contributed by atoms with Gasteiger partial charge in [0, 0.05) is 5.41 Å². The molecule has 0 aromatic rings. The minimum Gasteiger partial charge on any atom is -0.396 e. The van der Waals surface area contributed by atoms with Crippen molar-refractivity contribution in [3.63, 3.8) is 0 Å². The van der Waals surface area contributed by atoms with Crippen LogP contribution in [0.4, 0.5) is 0 Å². The highest BCUT2D eigenvalue weighted by atomic mass is 16.3. The van der Waals surface area contributed by atoms with Gasteiger partial charge >= 0.3 is 0 Å². The molecule has 0 saturated heterocycles. The van der Waals surface area contributed by atoms with E-state index in [1.54, 1.807) is 5.57 Å². The highest BCUT2D eigenvalue weighted by Gasteiger charge is 2.69. The molecule has 0 heterocycles. The van der Waals surface area contributed by atoms with Gasteiger partial charge in [-0.05, 0) is 103 Å². The van der Waals surface area contributed by atoms with Crippen molar-refractivity contribution in [3.8, 4) is 0 Å². The van der Waals surface area contributed by atoms with Gasteiger partial charge in [-0.1, -0.05) is 60.1 Å². The predicted molar refractivity (Wildman–Crippen MR) is 134 cm³/mol. The lowest BCUT2D eigenvalue weighted by molar-refractivity contribution is -0.218. The summed E-state index contributed by atoms with van der Waals surface area (Å²) in [6.45, 7) is 17.0. The van der Waals surface area contributed by atoms with Gasteiger partial charge in [0.15, 0.2) is 0 Å². The van der Waals surface area contributed by atoms with E-state index in [-0.39, 0.29) is 51.1 Å². The summed E-state index contributed by atoms with van der Waals surface area (Å²) in [6, 6.07) is 0. The zero-order valence-corrected chi connectivity index (χ0v) is 22.4. The van der Waals surface area contributed by atoms with Crippen molar-refractivity contribution in [2.45, 2.75) is 118 Å². The molecule has 5 aliphatic rings. The number of allylic oxidation sites excluding steroid dienone is 2. The molecule has 9 atom stereocenters. The molecule has 3 nitrogen and oxygen atoms in total. The Morgan fingerprint density at radius 2 is 1.52 bits per heavy atom. The van der Waals surface area contributed by atoms with Crippen molar-refractivity contribution < 1.29 is 15.3 Å². The van der Waals surface area contributed by atoms with Gasteiger partial charge in [-0.2, -0.15) is 0 Å². The number of fused-ring (bicyclic) bond motifs is 7. The molecule has 0 bridgehead atoms. The van der Waals surface area contributed by atoms with Crippen LogP contribution in [0.25, 0.3) is 0 Å². The molecule has 3 N–H and O–H groups in total. The highest BCUT2D eigenvalue weighted by molar-refractivity contribution is 5.35. The van der Waals surface area contributed by atoms with E-state index in [0.717, 1.165) is 44.9 Å². The quantitative estimate of drug-likeness (QED) is 0.415. The van der Waals surface area contributed by atoms with Gasteiger partial charge in [-0.15, -0.1) is 0 Å². The summed E-state index contributed by atoms with van der Waals surface area (Å²) in [7, 11) is 0. The third kappa shape index (κ3) is 2.91. The Morgan fingerprint density at radius 1 is 0.818 bits per heavy atom. The van der Waals surface area contributed by atoms with Crippen LogP contribution in [-0.4, -0.2) is 34.1 Å². The largest absolute Gasteiger partial charge is 0.396 e. The summed E-state index contributed by atoms with van der Waals surface area (Å²) in [5.74, 6) is 1.41. The number of hydrogen-bond acceptors (Lipinski definition) is 3. The van der Waals surface area contributed by atoms with Crippen LogP contribution in [0.3, 0.4) is 0 Å². The monoisotopic (exact) mass is 458 g/mol. The fourth-order valence-corrected chi connectivity index (χ4v) is 10.7. The summed E-state index contributed by atoms with van der Waals surface area (Å²) < 4.78 is 0. The van der Waals surface area contributed by atoms with Gasteiger partial charge in [0.2, 0.25) is 0 Å². The first kappa shape index (κ1) is 24.3. The predicted octanol–water partition coefficient (Wildman–Crippen LogP) is 6.11. The molecule has 0 aromatic carbocycles. The third-order valence-corrected chi connectivity index (χ3v) is 13.2. The van der Waals surface area contributed by atoms with Gasteiger partial charge in [-0.3, -0.25) is 0 Å². The number of hydrogen-bond donors (Lipinski definition) is 3. The zero-order chi connectivity index (χ0) is 24.2. The van der Waals surface area contributed by atoms with Gasteiger partial charge in [0.25, 0.3) is 0 Å². The average Bonchev–Trinajstić information content (AvgIpc) is 2.71. The Hall–Kier alpha value is -0.380. The molecule has 0 radical (unpaired) electrons. The second-order valence-electron chi connectivity index (χ2n) is 15.2. The minimum absolute atomic E-state index is 0.0275. The molecular formula is C30H50O3.